The third-order valence-electron chi connectivity index (χ3n) is 5.21. The number of aliphatic hydroxyl groups excluding tert-OH is 1. The Morgan fingerprint density at radius 1 is 1.25 bits per heavy atom. The number of hydrogen-bond donors (Lipinski definition) is 2. The average molecular weight is 401 g/mol. The van der Waals surface area contributed by atoms with E-state index in [1.165, 1.54) is 0 Å². The number of aliphatic hydroxyl groups is 1. The van der Waals surface area contributed by atoms with Gasteiger partial charge in [0.15, 0.2) is 9.84 Å². The first-order valence-electron chi connectivity index (χ1n) is 9.42. The fourth-order valence-corrected chi connectivity index (χ4v) is 5.55. The minimum atomic E-state index is -3.22. The van der Waals surface area contributed by atoms with Crippen molar-refractivity contribution in [3.05, 3.63) is 48.1 Å². The van der Waals surface area contributed by atoms with Crippen LogP contribution < -0.4 is 10.2 Å². The lowest BCUT2D eigenvalue weighted by Gasteiger charge is -2.26. The molecular formula is C20H24N4O3S. The van der Waals surface area contributed by atoms with Crippen LogP contribution >= 0.6 is 0 Å². The first-order chi connectivity index (χ1) is 13.5. The molecule has 8 heteroatoms. The summed E-state index contributed by atoms with van der Waals surface area (Å²) in [5.41, 5.74) is 1.89. The van der Waals surface area contributed by atoms with Crippen LogP contribution in [-0.2, 0) is 9.84 Å². The highest BCUT2D eigenvalue weighted by Crippen LogP contribution is 2.29. The molecule has 1 aromatic carbocycles. The molecule has 4 rings (SSSR count). The summed E-state index contributed by atoms with van der Waals surface area (Å²) in [6, 6.07) is 5.95. The molecule has 1 aromatic heterocycles. The van der Waals surface area contributed by atoms with E-state index < -0.39 is 15.1 Å². The first-order valence-corrected chi connectivity index (χ1v) is 11.1. The molecule has 2 unspecified atom stereocenters. The van der Waals surface area contributed by atoms with Gasteiger partial charge in [-0.2, -0.15) is 4.98 Å². The maximum absolute atomic E-state index is 12.7. The van der Waals surface area contributed by atoms with Crippen LogP contribution in [0, 0.1) is 12.8 Å². The Morgan fingerprint density at radius 3 is 2.89 bits per heavy atom. The lowest BCUT2D eigenvalue weighted by atomic mass is 10.00. The predicted molar refractivity (Wildman–Crippen MR) is 111 cm³/mol. The number of anilines is 2. The number of sulfone groups is 1. The van der Waals surface area contributed by atoms with Crippen LogP contribution in [0.3, 0.4) is 0 Å². The molecule has 2 aliphatic rings. The van der Waals surface area contributed by atoms with E-state index in [2.05, 4.69) is 10.3 Å². The van der Waals surface area contributed by atoms with Crippen molar-refractivity contribution >= 4 is 32.5 Å². The van der Waals surface area contributed by atoms with Crippen LogP contribution in [0.2, 0.25) is 0 Å². The second kappa shape index (κ2) is 7.52. The summed E-state index contributed by atoms with van der Waals surface area (Å²) in [5.74, 6) is 1.11. The number of nitrogens with zero attached hydrogens (tertiary/aromatic N) is 3. The van der Waals surface area contributed by atoms with E-state index in [9.17, 15) is 13.5 Å². The molecule has 2 heterocycles. The molecule has 1 aliphatic carbocycles. The molecule has 0 amide bonds. The zero-order valence-corrected chi connectivity index (χ0v) is 16.6. The quantitative estimate of drug-likeness (QED) is 0.806. The highest BCUT2D eigenvalue weighted by Gasteiger charge is 2.36. The smallest absolute Gasteiger partial charge is 0.227 e. The Hall–Kier alpha value is -2.45. The van der Waals surface area contributed by atoms with E-state index in [0.717, 1.165) is 16.5 Å². The summed E-state index contributed by atoms with van der Waals surface area (Å²) in [6.45, 7) is 3.28. The second-order valence-electron chi connectivity index (χ2n) is 7.25. The number of aryl methyl sites for hydroxylation is 1. The monoisotopic (exact) mass is 400 g/mol. The van der Waals surface area contributed by atoms with Crippen molar-refractivity contribution in [1.82, 2.24) is 9.97 Å². The molecule has 2 N–H and O–H groups in total. The second-order valence-corrected chi connectivity index (χ2v) is 9.53. The van der Waals surface area contributed by atoms with Crippen LogP contribution in [0.4, 0.5) is 11.8 Å². The standard InChI is InChI=1S/C20H24N4O3S/c1-14-6-7-17-16(12-14)19(21-8-10-25)23-20(22-17)24-9-11-28(26,27)18-5-3-2-4-15(18)13-24/h2-7,12,15,18,25H,8-11,13H2,1H3,(H,21,22,23). The van der Waals surface area contributed by atoms with Crippen LogP contribution in [0.15, 0.2) is 42.5 Å². The number of allylic oxidation sites excluding steroid dienone is 2. The van der Waals surface area contributed by atoms with Crippen molar-refractivity contribution in [2.45, 2.75) is 12.2 Å². The maximum atomic E-state index is 12.7. The number of rotatable bonds is 4. The Bertz CT molecular complexity index is 1050. The van der Waals surface area contributed by atoms with Crippen molar-refractivity contribution in [3.63, 3.8) is 0 Å². The van der Waals surface area contributed by atoms with Gasteiger partial charge in [0.25, 0.3) is 0 Å². The van der Waals surface area contributed by atoms with Crippen molar-refractivity contribution in [2.75, 3.05) is 42.2 Å². The lowest BCUT2D eigenvalue weighted by Crippen LogP contribution is -2.33. The van der Waals surface area contributed by atoms with Crippen molar-refractivity contribution < 1.29 is 13.5 Å². The first kappa shape index (κ1) is 18.9. The van der Waals surface area contributed by atoms with E-state index in [-0.39, 0.29) is 18.3 Å². The minimum absolute atomic E-state index is 0.00448. The Labute approximate surface area is 164 Å². The molecule has 0 bridgehead atoms. The highest BCUT2D eigenvalue weighted by atomic mass is 32.2. The van der Waals surface area contributed by atoms with Gasteiger partial charge >= 0.3 is 0 Å². The van der Waals surface area contributed by atoms with Crippen molar-refractivity contribution in [1.29, 1.82) is 0 Å². The normalized spacial score (nSPS) is 23.4. The van der Waals surface area contributed by atoms with Crippen LogP contribution in [0.1, 0.15) is 5.56 Å². The van der Waals surface area contributed by atoms with Crippen molar-refractivity contribution in [3.8, 4) is 0 Å². The highest BCUT2D eigenvalue weighted by molar-refractivity contribution is 7.92. The Kier molecular flexibility index (Phi) is 5.07. The molecule has 28 heavy (non-hydrogen) atoms. The molecule has 0 spiro atoms. The molecule has 7 nitrogen and oxygen atoms in total. The number of fused-ring (bicyclic) bond motifs is 2. The van der Waals surface area contributed by atoms with Gasteiger partial charge in [0.1, 0.15) is 5.82 Å². The minimum Gasteiger partial charge on any atom is -0.395 e. The lowest BCUT2D eigenvalue weighted by molar-refractivity contribution is 0.311. The average Bonchev–Trinajstić information content (AvgIpc) is 2.82. The fourth-order valence-electron chi connectivity index (χ4n) is 3.76. The summed E-state index contributed by atoms with van der Waals surface area (Å²) < 4.78 is 25.4. The summed E-state index contributed by atoms with van der Waals surface area (Å²) in [5, 5.41) is 12.8. The molecule has 148 valence electrons. The summed E-state index contributed by atoms with van der Waals surface area (Å²) in [6.07, 6.45) is 7.44. The van der Waals surface area contributed by atoms with Crippen molar-refractivity contribution in [2.24, 2.45) is 5.92 Å². The molecule has 0 saturated carbocycles. The summed E-state index contributed by atoms with van der Waals surface area (Å²) in [7, 11) is -3.22. The zero-order chi connectivity index (χ0) is 19.7. The van der Waals surface area contributed by atoms with Gasteiger partial charge in [-0.25, -0.2) is 13.4 Å². The van der Waals surface area contributed by atoms with E-state index >= 15 is 0 Å². The topological polar surface area (TPSA) is 95.4 Å². The molecule has 0 radical (unpaired) electrons. The summed E-state index contributed by atoms with van der Waals surface area (Å²) in [4.78, 5) is 11.4. The fraction of sp³-hybridized carbons (Fsp3) is 0.400. The third kappa shape index (κ3) is 3.62. The van der Waals surface area contributed by atoms with E-state index in [1.54, 1.807) is 12.2 Å². The van der Waals surface area contributed by atoms with Crippen LogP contribution in [0.5, 0.6) is 0 Å². The number of nitrogens with one attached hydrogen (secondary N) is 1. The van der Waals surface area contributed by atoms with Gasteiger partial charge in [0, 0.05) is 30.9 Å². The van der Waals surface area contributed by atoms with Gasteiger partial charge in [-0.05, 0) is 19.1 Å². The third-order valence-corrected chi connectivity index (χ3v) is 7.30. The van der Waals surface area contributed by atoms with E-state index in [4.69, 9.17) is 4.98 Å². The van der Waals surface area contributed by atoms with Gasteiger partial charge in [0.05, 0.1) is 23.1 Å². The Morgan fingerprint density at radius 2 is 2.07 bits per heavy atom. The Balaban J connectivity index is 1.75. The van der Waals surface area contributed by atoms with Gasteiger partial charge in [-0.3, -0.25) is 0 Å². The summed E-state index contributed by atoms with van der Waals surface area (Å²) >= 11 is 0. The van der Waals surface area contributed by atoms with Crippen LogP contribution in [-0.4, -0.2) is 60.7 Å². The van der Waals surface area contributed by atoms with Crippen LogP contribution in [0.25, 0.3) is 10.9 Å². The largest absolute Gasteiger partial charge is 0.395 e. The number of benzene rings is 1. The molecule has 1 aliphatic heterocycles. The predicted octanol–water partition coefficient (Wildman–Crippen LogP) is 1.69. The van der Waals surface area contributed by atoms with Gasteiger partial charge in [-0.1, -0.05) is 35.9 Å². The number of aromatic nitrogens is 2. The molecule has 1 saturated heterocycles. The number of hydrogen-bond acceptors (Lipinski definition) is 7. The van der Waals surface area contributed by atoms with Gasteiger partial charge in [0.2, 0.25) is 5.95 Å². The van der Waals surface area contributed by atoms with Gasteiger partial charge < -0.3 is 15.3 Å². The molecule has 1 fully saturated rings. The maximum Gasteiger partial charge on any atom is 0.227 e. The van der Waals surface area contributed by atoms with E-state index in [1.807, 2.05) is 42.2 Å². The van der Waals surface area contributed by atoms with Gasteiger partial charge in [-0.15, -0.1) is 0 Å². The SMILES string of the molecule is Cc1ccc2nc(N3CCS(=O)(=O)C4C=CC=CC4C3)nc(NCCO)c2c1. The molecular weight excluding hydrogens is 376 g/mol. The molecule has 2 aromatic rings. The van der Waals surface area contributed by atoms with E-state index in [0.29, 0.717) is 31.4 Å². The zero-order valence-electron chi connectivity index (χ0n) is 15.7. The molecule has 2 atom stereocenters.